The number of likely N-dealkylation sites (N-methyl/N-ethyl adjacent to an activating group) is 1. The molecule has 0 radical (unpaired) electrons. The molecular weight excluding hydrogens is 785 g/mol. The Labute approximate surface area is 369 Å². The Morgan fingerprint density at radius 3 is 2.29 bits per heavy atom. The third kappa shape index (κ3) is 12.1. The highest BCUT2D eigenvalue weighted by atomic mass is 16.7. The van der Waals surface area contributed by atoms with Gasteiger partial charge < -0.3 is 39.5 Å². The van der Waals surface area contributed by atoms with Crippen molar-refractivity contribution < 1.29 is 38.9 Å². The van der Waals surface area contributed by atoms with Crippen LogP contribution in [0.2, 0.25) is 0 Å². The van der Waals surface area contributed by atoms with E-state index in [-0.39, 0.29) is 49.9 Å². The van der Waals surface area contributed by atoms with Crippen LogP contribution in [0.15, 0.2) is 71.9 Å². The van der Waals surface area contributed by atoms with E-state index in [1.807, 2.05) is 12.1 Å². The molecule has 0 unspecified atom stereocenters. The lowest BCUT2D eigenvalue weighted by atomic mass is 9.55. The fourth-order valence-electron chi connectivity index (χ4n) is 9.88. The molecule has 1 aliphatic heterocycles. The van der Waals surface area contributed by atoms with Crippen LogP contribution in [0.1, 0.15) is 143 Å². The zero-order chi connectivity index (χ0) is 44.3. The molecular formula is C50H70N4O8. The number of nitrogens with one attached hydrogen (secondary N) is 1. The summed E-state index contributed by atoms with van der Waals surface area (Å²) in [5.74, 6) is -1.41. The molecule has 0 bridgehead atoms. The monoisotopic (exact) mass is 855 g/mol. The van der Waals surface area contributed by atoms with Crippen LogP contribution in [-0.2, 0) is 9.57 Å². The Morgan fingerprint density at radius 2 is 1.65 bits per heavy atom. The van der Waals surface area contributed by atoms with Crippen molar-refractivity contribution in [3.05, 3.63) is 83.5 Å². The first-order valence-corrected chi connectivity index (χ1v) is 23.1. The van der Waals surface area contributed by atoms with Crippen LogP contribution in [0.3, 0.4) is 0 Å². The smallest absolute Gasteiger partial charge is 0.412 e. The third-order valence-corrected chi connectivity index (χ3v) is 12.9. The number of aliphatic hydroxyl groups excluding tert-OH is 2. The van der Waals surface area contributed by atoms with Gasteiger partial charge in [0.2, 0.25) is 5.79 Å². The molecule has 5 rings (SSSR count). The second-order valence-electron chi connectivity index (χ2n) is 17.1. The van der Waals surface area contributed by atoms with E-state index < -0.39 is 23.8 Å². The highest BCUT2D eigenvalue weighted by Crippen LogP contribution is 2.61. The third-order valence-electron chi connectivity index (χ3n) is 12.9. The molecule has 2 amide bonds. The largest absolute Gasteiger partial charge is 0.459 e. The predicted molar refractivity (Wildman–Crippen MR) is 241 cm³/mol. The Balaban J connectivity index is 1.50. The molecule has 2 aliphatic carbocycles. The Bertz CT molecular complexity index is 1860. The quantitative estimate of drug-likeness (QED) is 0.0475. The second-order valence-corrected chi connectivity index (χ2v) is 17.1. The number of oxime groups is 1. The van der Waals surface area contributed by atoms with E-state index in [4.69, 9.17) is 19.0 Å². The minimum absolute atomic E-state index is 0.0193. The molecule has 0 saturated heterocycles. The number of allylic oxidation sites excluding steroid dienone is 1. The maximum absolute atomic E-state index is 14.4. The summed E-state index contributed by atoms with van der Waals surface area (Å²) in [6, 6.07) is 13.4. The van der Waals surface area contributed by atoms with Crippen molar-refractivity contribution in [1.29, 1.82) is 5.26 Å². The zero-order valence-corrected chi connectivity index (χ0v) is 37.3. The number of hydrogen-bond donors (Lipinski definition) is 3. The first-order valence-electron chi connectivity index (χ1n) is 23.1. The van der Waals surface area contributed by atoms with Gasteiger partial charge in [-0.2, -0.15) is 5.26 Å². The minimum atomic E-state index is -1.42. The van der Waals surface area contributed by atoms with Gasteiger partial charge in [-0.05, 0) is 92.0 Å². The van der Waals surface area contributed by atoms with Crippen molar-refractivity contribution >= 4 is 17.7 Å². The van der Waals surface area contributed by atoms with Crippen molar-refractivity contribution in [2.45, 2.75) is 134 Å². The summed E-state index contributed by atoms with van der Waals surface area (Å²) < 4.78 is 20.1. The SMILES string of the molecule is C=CCO[C@@]12Oc3ccc(OC(=O)NCCCCCCCCCCCC)cc3[C@H]3[C@H](CCCCO)[C@@H](CCCCO)C=C(C(=NOC)C[C@@H]1N(C)C(=O)c1ccc(C#N)cc1)[C@H]32. The highest BCUT2D eigenvalue weighted by Gasteiger charge is 2.65. The van der Waals surface area contributed by atoms with Crippen LogP contribution in [0.25, 0.3) is 0 Å². The normalized spacial score (nSPS) is 22.9. The average molecular weight is 855 g/mol. The molecule has 0 spiro atoms. The number of amides is 2. The molecule has 2 aromatic rings. The molecule has 1 fully saturated rings. The van der Waals surface area contributed by atoms with Gasteiger partial charge in [0, 0.05) is 50.3 Å². The minimum Gasteiger partial charge on any atom is -0.459 e. The average Bonchev–Trinajstić information content (AvgIpc) is 3.28. The van der Waals surface area contributed by atoms with Gasteiger partial charge in [0.15, 0.2) is 0 Å². The van der Waals surface area contributed by atoms with Gasteiger partial charge in [-0.15, -0.1) is 6.58 Å². The summed E-state index contributed by atoms with van der Waals surface area (Å²) in [7, 11) is 3.25. The fourth-order valence-corrected chi connectivity index (χ4v) is 9.88. The molecule has 338 valence electrons. The van der Waals surface area contributed by atoms with E-state index in [0.717, 1.165) is 56.1 Å². The van der Waals surface area contributed by atoms with Gasteiger partial charge in [0.05, 0.1) is 29.9 Å². The maximum Gasteiger partial charge on any atom is 0.412 e. The summed E-state index contributed by atoms with van der Waals surface area (Å²) in [6.45, 7) is 7.05. The number of ether oxygens (including phenoxy) is 3. The molecule has 12 heteroatoms. The molecule has 3 aliphatic rings. The van der Waals surface area contributed by atoms with Crippen molar-refractivity contribution in [3.8, 4) is 17.6 Å². The number of hydrogen-bond acceptors (Lipinski definition) is 10. The summed E-state index contributed by atoms with van der Waals surface area (Å²) in [5.41, 5.74) is 3.31. The molecule has 1 heterocycles. The lowest BCUT2D eigenvalue weighted by Gasteiger charge is -2.59. The molecule has 12 nitrogen and oxygen atoms in total. The van der Waals surface area contributed by atoms with E-state index in [2.05, 4.69) is 36.1 Å². The Hall–Kier alpha value is -4.70. The number of rotatable bonds is 26. The lowest BCUT2D eigenvalue weighted by Crippen LogP contribution is -2.69. The number of nitrogens with zero attached hydrogens (tertiary/aromatic N) is 3. The molecule has 6 atom stereocenters. The molecule has 0 aromatic heterocycles. The maximum atomic E-state index is 14.4. The summed E-state index contributed by atoms with van der Waals surface area (Å²) in [5, 5.41) is 36.7. The first-order chi connectivity index (χ1) is 30.3. The van der Waals surface area contributed by atoms with E-state index in [9.17, 15) is 25.1 Å². The highest BCUT2D eigenvalue weighted by molar-refractivity contribution is 6.03. The van der Waals surface area contributed by atoms with E-state index in [0.29, 0.717) is 47.7 Å². The van der Waals surface area contributed by atoms with Gasteiger partial charge in [-0.3, -0.25) is 4.79 Å². The van der Waals surface area contributed by atoms with Gasteiger partial charge in [0.25, 0.3) is 5.91 Å². The van der Waals surface area contributed by atoms with Crippen LogP contribution < -0.4 is 14.8 Å². The molecule has 3 N–H and O–H groups in total. The molecule has 1 saturated carbocycles. The fraction of sp³-hybridized carbons (Fsp3) is 0.600. The van der Waals surface area contributed by atoms with Crippen molar-refractivity contribution in [2.24, 2.45) is 22.9 Å². The number of nitriles is 1. The van der Waals surface area contributed by atoms with Crippen LogP contribution in [0, 0.1) is 29.1 Å². The van der Waals surface area contributed by atoms with Crippen molar-refractivity contribution in [2.75, 3.05) is 40.5 Å². The molecule has 62 heavy (non-hydrogen) atoms. The zero-order valence-electron chi connectivity index (χ0n) is 37.3. The van der Waals surface area contributed by atoms with Gasteiger partial charge in [-0.25, -0.2) is 4.79 Å². The van der Waals surface area contributed by atoms with Crippen LogP contribution in [-0.4, -0.2) is 85.2 Å². The van der Waals surface area contributed by atoms with Gasteiger partial charge in [-0.1, -0.05) is 94.9 Å². The van der Waals surface area contributed by atoms with E-state index in [1.165, 1.54) is 52.1 Å². The lowest BCUT2D eigenvalue weighted by molar-refractivity contribution is -0.252. The Morgan fingerprint density at radius 1 is 0.968 bits per heavy atom. The van der Waals surface area contributed by atoms with Crippen LogP contribution in [0.5, 0.6) is 11.5 Å². The van der Waals surface area contributed by atoms with Gasteiger partial charge in [0.1, 0.15) is 24.7 Å². The summed E-state index contributed by atoms with van der Waals surface area (Å²) in [6.07, 6.45) is 20.3. The summed E-state index contributed by atoms with van der Waals surface area (Å²) in [4.78, 5) is 34.8. The first kappa shape index (κ1) is 48.3. The number of aliphatic hydroxyl groups is 2. The van der Waals surface area contributed by atoms with Gasteiger partial charge >= 0.3 is 6.09 Å². The number of unbranched alkanes of at least 4 members (excludes halogenated alkanes) is 11. The number of benzene rings is 2. The van der Waals surface area contributed by atoms with E-state index >= 15 is 0 Å². The van der Waals surface area contributed by atoms with E-state index in [1.54, 1.807) is 48.4 Å². The predicted octanol–water partition coefficient (Wildman–Crippen LogP) is 9.60. The van der Waals surface area contributed by atoms with Crippen LogP contribution in [0.4, 0.5) is 4.79 Å². The van der Waals surface area contributed by atoms with Crippen molar-refractivity contribution in [1.82, 2.24) is 10.2 Å². The number of carbonyl (C=O) groups excluding carboxylic acids is 2. The van der Waals surface area contributed by atoms with Crippen molar-refractivity contribution in [3.63, 3.8) is 0 Å². The molecule has 2 aromatic carbocycles. The van der Waals surface area contributed by atoms with Crippen LogP contribution >= 0.6 is 0 Å². The number of fused-ring (bicyclic) bond motifs is 2. The second kappa shape index (κ2) is 24.8. The topological polar surface area (TPSA) is 163 Å². The Kier molecular flexibility index (Phi) is 19.3. The summed E-state index contributed by atoms with van der Waals surface area (Å²) >= 11 is 0. The number of carbonyl (C=O) groups is 2. The standard InChI is InChI=1S/C50H70N4O8/c1-5-7-8-9-10-11-12-13-14-17-28-52-49(58)61-39-26-27-44-42(33-39)46-40(21-16-19-30-56)38(20-15-18-29-55)32-41-43(53-59-4)34-45(50(62-44,47(41)46)60-31-6-2)54(3)48(57)37-24-22-36(35-51)23-25-37/h6,22-27,32-33,38,40,45-47,55-56H,2,5,7-21,28-31,34H2,1,3-4H3,(H,52,58)/t38-,40+,45-,46+,47+,50+/m0/s1.